The van der Waals surface area contributed by atoms with Crippen LogP contribution in [0.15, 0.2) is 265 Å². The van der Waals surface area contributed by atoms with Crippen LogP contribution in [0.5, 0.6) is 0 Å². The third-order valence-electron chi connectivity index (χ3n) is 15.3. The maximum Gasteiger partial charge on any atom is 0.143 e. The van der Waals surface area contributed by atoms with Crippen LogP contribution in [0.2, 0.25) is 0 Å². The van der Waals surface area contributed by atoms with E-state index in [4.69, 9.17) is 29.1 Å². The lowest BCUT2D eigenvalue weighted by atomic mass is 9.66. The molecular formula is C75H61NO. The van der Waals surface area contributed by atoms with E-state index >= 15 is 0 Å². The highest BCUT2D eigenvalue weighted by molar-refractivity contribution is 6.09. The zero-order valence-corrected chi connectivity index (χ0v) is 41.7. The predicted molar refractivity (Wildman–Crippen MR) is 325 cm³/mol. The average molecular weight is 1010 g/mol. The number of hydrogen-bond acceptors (Lipinski definition) is 2. The van der Waals surface area contributed by atoms with Gasteiger partial charge in [0, 0.05) is 57.9 Å². The fraction of sp³-hybridized carbons (Fsp3) is 0.120. The molecule has 13 rings (SSSR count). The molecule has 2 heteroatoms. The Bertz CT molecular complexity index is 4760. The van der Waals surface area contributed by atoms with Crippen molar-refractivity contribution in [3.05, 3.63) is 294 Å². The molecular weight excluding hydrogens is 931 g/mol. The lowest BCUT2D eigenvalue weighted by Gasteiger charge is -2.36. The van der Waals surface area contributed by atoms with E-state index in [1.165, 1.54) is 30.3 Å². The molecule has 0 aliphatic heterocycles. The van der Waals surface area contributed by atoms with E-state index < -0.39 is 68.5 Å². The van der Waals surface area contributed by atoms with Gasteiger partial charge in [0.25, 0.3) is 0 Å². The second-order valence-corrected chi connectivity index (χ2v) is 19.9. The Labute approximate surface area is 478 Å². The minimum Gasteiger partial charge on any atom is -0.455 e. The van der Waals surface area contributed by atoms with Crippen LogP contribution >= 0.6 is 0 Å². The van der Waals surface area contributed by atoms with E-state index in [-0.39, 0.29) is 11.1 Å². The second kappa shape index (κ2) is 18.7. The molecule has 0 spiro atoms. The Hall–Kier alpha value is -8.98. The molecule has 77 heavy (non-hydrogen) atoms. The molecule has 0 N–H and O–H groups in total. The van der Waals surface area contributed by atoms with E-state index in [0.717, 1.165) is 50.2 Å². The maximum atomic E-state index is 9.01. The van der Waals surface area contributed by atoms with Crippen LogP contribution in [0.1, 0.15) is 99.2 Å². The van der Waals surface area contributed by atoms with Crippen molar-refractivity contribution in [2.75, 3.05) is 4.90 Å². The van der Waals surface area contributed by atoms with Crippen molar-refractivity contribution >= 4 is 39.0 Å². The minimum absolute atomic E-state index is 0.0854. The van der Waals surface area contributed by atoms with Gasteiger partial charge in [-0.15, -0.1) is 0 Å². The van der Waals surface area contributed by atoms with Gasteiger partial charge in [0.1, 0.15) is 11.2 Å². The molecule has 0 amide bonds. The van der Waals surface area contributed by atoms with Gasteiger partial charge in [-0.05, 0) is 125 Å². The van der Waals surface area contributed by atoms with E-state index in [1.807, 2.05) is 169 Å². The number of para-hydroxylation sites is 2. The van der Waals surface area contributed by atoms with Gasteiger partial charge in [0.15, 0.2) is 0 Å². The van der Waals surface area contributed by atoms with E-state index in [2.05, 4.69) is 36.4 Å². The fourth-order valence-corrected chi connectivity index (χ4v) is 11.6. The van der Waals surface area contributed by atoms with Gasteiger partial charge in [-0.3, -0.25) is 0 Å². The first-order valence-electron chi connectivity index (χ1n) is 34.6. The van der Waals surface area contributed by atoms with Gasteiger partial charge >= 0.3 is 0 Å². The maximum absolute atomic E-state index is 9.01. The monoisotopic (exact) mass is 1010 g/mol. The summed E-state index contributed by atoms with van der Waals surface area (Å²) in [6.07, 6.45) is 0. The van der Waals surface area contributed by atoms with Crippen molar-refractivity contribution in [2.45, 2.75) is 57.4 Å². The Kier molecular flexibility index (Phi) is 7.72. The lowest BCUT2D eigenvalue weighted by molar-refractivity contribution is 0.585. The van der Waals surface area contributed by atoms with Crippen molar-refractivity contribution in [3.63, 3.8) is 0 Å². The Balaban J connectivity index is 1.13. The molecule has 1 aromatic heterocycles. The summed E-state index contributed by atoms with van der Waals surface area (Å²) >= 11 is 0. The van der Waals surface area contributed by atoms with Crippen LogP contribution in [0.3, 0.4) is 0 Å². The van der Waals surface area contributed by atoms with Crippen molar-refractivity contribution < 1.29 is 29.1 Å². The van der Waals surface area contributed by atoms with Gasteiger partial charge in [-0.1, -0.05) is 266 Å². The number of fused-ring (bicyclic) bond motifs is 6. The summed E-state index contributed by atoms with van der Waals surface area (Å²) in [5, 5.41) is 1.74. The van der Waals surface area contributed by atoms with E-state index in [1.54, 1.807) is 24.3 Å². The number of anilines is 3. The number of benzene rings is 11. The number of nitrogens with zero attached hydrogens (tertiary/aromatic N) is 1. The van der Waals surface area contributed by atoms with Gasteiger partial charge in [0.05, 0.1) is 11.1 Å². The third-order valence-corrected chi connectivity index (χ3v) is 15.3. The normalized spacial score (nSPS) is 18.6. The Morgan fingerprint density at radius 3 is 1.48 bits per heavy atom. The van der Waals surface area contributed by atoms with Crippen LogP contribution in [-0.2, 0) is 16.2 Å². The van der Waals surface area contributed by atoms with Gasteiger partial charge in [0.2, 0.25) is 0 Å². The summed E-state index contributed by atoms with van der Waals surface area (Å²) in [4.78, 5) is 2.04. The highest BCUT2D eigenvalue weighted by Crippen LogP contribution is 2.60. The summed E-state index contributed by atoms with van der Waals surface area (Å²) in [5.41, 5.74) is 1.97. The molecule has 11 aromatic carbocycles. The third kappa shape index (κ3) is 8.28. The van der Waals surface area contributed by atoms with Crippen LogP contribution in [0.4, 0.5) is 17.1 Å². The smallest absolute Gasteiger partial charge is 0.143 e. The highest BCUT2D eigenvalue weighted by Gasteiger charge is 2.48. The van der Waals surface area contributed by atoms with Crippen LogP contribution in [0, 0.1) is 0 Å². The zero-order valence-electron chi connectivity index (χ0n) is 59.7. The van der Waals surface area contributed by atoms with Crippen molar-refractivity contribution in [2.24, 2.45) is 0 Å². The number of hydrogen-bond donors (Lipinski definition) is 0. The molecule has 1 heterocycles. The van der Waals surface area contributed by atoms with Gasteiger partial charge in [-0.2, -0.15) is 0 Å². The van der Waals surface area contributed by atoms with E-state index in [0.29, 0.717) is 61.6 Å². The zero-order chi connectivity index (χ0) is 67.5. The first-order chi connectivity index (χ1) is 44.9. The molecule has 0 saturated heterocycles. The average Bonchev–Trinajstić information content (AvgIpc) is 1.63. The van der Waals surface area contributed by atoms with Crippen LogP contribution < -0.4 is 4.90 Å². The summed E-state index contributed by atoms with van der Waals surface area (Å²) < 4.78 is 168. The SMILES string of the molecule is [2H]C([2H])([2H])C(c1cccc(C2(c3ccc(-c4cccc5c4oc4ccccc45)cc3)c3cc(C(C([2H])([2H])[2H])(C([2H])([2H])[2H])C([2H])([2H])[2H])ccc3-c3c(N(c4ccc(-c5ccccc5)cc4)c4ccc(-c5ccc(-c6ccccc6)cc5)cc4)cccc32)c1)(C([2H])([2H])[2H])C([2H])([2H])[2H]. The molecule has 0 radical (unpaired) electrons. The number of rotatable bonds is 9. The topological polar surface area (TPSA) is 16.4 Å². The minimum atomic E-state index is -3.73. The molecule has 0 bridgehead atoms. The molecule has 1 aliphatic carbocycles. The van der Waals surface area contributed by atoms with E-state index in [9.17, 15) is 0 Å². The molecule has 0 fully saturated rings. The highest BCUT2D eigenvalue weighted by atomic mass is 16.3. The van der Waals surface area contributed by atoms with Crippen LogP contribution in [0.25, 0.3) is 77.6 Å². The second-order valence-electron chi connectivity index (χ2n) is 19.9. The summed E-state index contributed by atoms with van der Waals surface area (Å²) in [7, 11) is 0. The largest absolute Gasteiger partial charge is 0.455 e. The summed E-state index contributed by atoms with van der Waals surface area (Å²) in [6, 6.07) is 79.7. The molecule has 12 aromatic rings. The first kappa shape index (κ1) is 31.8. The van der Waals surface area contributed by atoms with Gasteiger partial charge < -0.3 is 9.32 Å². The summed E-state index contributed by atoms with van der Waals surface area (Å²) in [6.45, 7) is -22.3. The molecule has 2 nitrogen and oxygen atoms in total. The van der Waals surface area contributed by atoms with Gasteiger partial charge in [-0.25, -0.2) is 0 Å². The summed E-state index contributed by atoms with van der Waals surface area (Å²) in [5.74, 6) is 0. The molecule has 1 aliphatic rings. The fourth-order valence-electron chi connectivity index (χ4n) is 11.6. The van der Waals surface area contributed by atoms with Crippen molar-refractivity contribution in [1.29, 1.82) is 0 Å². The standard InChI is InChI=1S/C75H61NO/c1-73(2,3)58-22-15-23-60(48-58)75(57-40-34-56(35-41-57)63-25-16-26-65-64-24-13-14-29-70(64)77-72(63)65)67-27-17-28-69(71(67)66-47-42-59(49-68(66)75)74(4,5)6)76(61-43-36-54(37-44-61)51-20-11-8-12-21-51)62-45-38-55(39-46-62)53-32-30-52(31-33-53)50-18-9-7-10-19-50/h7-49H,1-6H3/i1D3,2D3,3D3,4D3,5D3,6D3. The van der Waals surface area contributed by atoms with Crippen molar-refractivity contribution in [3.8, 4) is 55.6 Å². The lowest BCUT2D eigenvalue weighted by Crippen LogP contribution is -2.30. The molecule has 0 saturated carbocycles. The van der Waals surface area contributed by atoms with Crippen LogP contribution in [-0.4, -0.2) is 0 Å². The predicted octanol–water partition coefficient (Wildman–Crippen LogP) is 20.7. The first-order valence-corrected chi connectivity index (χ1v) is 25.6. The Morgan fingerprint density at radius 1 is 0.364 bits per heavy atom. The Morgan fingerprint density at radius 2 is 0.870 bits per heavy atom. The molecule has 1 atom stereocenters. The van der Waals surface area contributed by atoms with Crippen molar-refractivity contribution in [1.82, 2.24) is 0 Å². The quantitative estimate of drug-likeness (QED) is 0.143. The number of furan rings is 1. The molecule has 1 unspecified atom stereocenters. The molecule has 372 valence electrons.